The zero-order chi connectivity index (χ0) is 13.1. The van der Waals surface area contributed by atoms with E-state index in [4.69, 9.17) is 5.41 Å². The summed E-state index contributed by atoms with van der Waals surface area (Å²) in [5.74, 6) is -0.264. The van der Waals surface area contributed by atoms with Gasteiger partial charge in [0.25, 0.3) is 5.91 Å². The van der Waals surface area contributed by atoms with Crippen LogP contribution in [0.4, 0.5) is 5.69 Å². The molecule has 0 saturated carbocycles. The third-order valence-corrected chi connectivity index (χ3v) is 1.78. The minimum absolute atomic E-state index is 0.264. The molecule has 0 aliphatic rings. The average molecular weight is 230 g/mol. The lowest BCUT2D eigenvalue weighted by molar-refractivity contribution is -0.112. The van der Waals surface area contributed by atoms with Crippen LogP contribution in [0, 0.1) is 5.41 Å². The fraction of sp³-hybridized carbons (Fsp3) is 0.143. The van der Waals surface area contributed by atoms with E-state index in [0.29, 0.717) is 5.57 Å². The molecule has 0 bridgehead atoms. The Morgan fingerprint density at radius 1 is 1.29 bits per heavy atom. The molecule has 90 valence electrons. The molecule has 3 heteroatoms. The lowest BCUT2D eigenvalue weighted by atomic mass is 10.2. The molecule has 0 unspecified atom stereocenters. The van der Waals surface area contributed by atoms with E-state index in [9.17, 15) is 4.79 Å². The summed E-state index contributed by atoms with van der Waals surface area (Å²) in [6.07, 6.45) is 3.87. The Hall–Kier alpha value is -2.16. The van der Waals surface area contributed by atoms with Gasteiger partial charge in [-0.25, -0.2) is 0 Å². The van der Waals surface area contributed by atoms with E-state index in [-0.39, 0.29) is 5.91 Å². The molecule has 0 aliphatic carbocycles. The molecule has 3 nitrogen and oxygen atoms in total. The number of nitrogens with one attached hydrogen (secondary N) is 2. The summed E-state index contributed by atoms with van der Waals surface area (Å²) in [6, 6.07) is 9.14. The molecule has 0 spiro atoms. The van der Waals surface area contributed by atoms with Crippen molar-refractivity contribution in [2.75, 3.05) is 5.32 Å². The smallest absolute Gasteiger partial charge is 0.255 e. The van der Waals surface area contributed by atoms with Gasteiger partial charge in [-0.1, -0.05) is 44.7 Å². The van der Waals surface area contributed by atoms with Crippen molar-refractivity contribution in [1.29, 1.82) is 5.41 Å². The van der Waals surface area contributed by atoms with E-state index in [0.717, 1.165) is 11.9 Å². The fourth-order valence-corrected chi connectivity index (χ4v) is 1.05. The maximum Gasteiger partial charge on any atom is 0.255 e. The second-order valence-corrected chi connectivity index (χ2v) is 2.81. The maximum absolute atomic E-state index is 11.6. The highest BCUT2D eigenvalue weighted by atomic mass is 16.1. The van der Waals surface area contributed by atoms with Gasteiger partial charge < -0.3 is 10.7 Å². The zero-order valence-electron chi connectivity index (χ0n) is 10.2. The highest BCUT2D eigenvalue weighted by molar-refractivity contribution is 6.07. The van der Waals surface area contributed by atoms with Gasteiger partial charge in [-0.05, 0) is 18.2 Å². The minimum Gasteiger partial charge on any atom is -0.322 e. The summed E-state index contributed by atoms with van der Waals surface area (Å²) in [5.41, 5.74) is 1.09. The van der Waals surface area contributed by atoms with Crippen LogP contribution in [0.1, 0.15) is 13.8 Å². The Kier molecular flexibility index (Phi) is 7.94. The van der Waals surface area contributed by atoms with E-state index >= 15 is 0 Å². The first-order valence-electron chi connectivity index (χ1n) is 5.47. The molecular weight excluding hydrogens is 212 g/mol. The van der Waals surface area contributed by atoms with E-state index < -0.39 is 0 Å². The molecule has 1 amide bonds. The molecular formula is C14H18N2O. The predicted molar refractivity (Wildman–Crippen MR) is 73.5 cm³/mol. The van der Waals surface area contributed by atoms with Gasteiger partial charge in [0, 0.05) is 17.5 Å². The highest BCUT2D eigenvalue weighted by Crippen LogP contribution is 2.07. The monoisotopic (exact) mass is 230 g/mol. The number of anilines is 1. The Bertz CT molecular complexity index is 394. The Labute approximate surface area is 102 Å². The number of benzene rings is 1. The highest BCUT2D eigenvalue weighted by Gasteiger charge is 2.04. The van der Waals surface area contributed by atoms with Crippen molar-refractivity contribution in [3.8, 4) is 0 Å². The Balaban J connectivity index is 0.00000121. The topological polar surface area (TPSA) is 53.0 Å². The Morgan fingerprint density at radius 3 is 2.35 bits per heavy atom. The van der Waals surface area contributed by atoms with E-state index in [2.05, 4.69) is 11.9 Å². The lowest BCUT2D eigenvalue weighted by Crippen LogP contribution is -2.13. The van der Waals surface area contributed by atoms with Crippen LogP contribution in [0.15, 0.2) is 54.6 Å². The second kappa shape index (κ2) is 9.09. The fourth-order valence-electron chi connectivity index (χ4n) is 1.05. The first kappa shape index (κ1) is 14.8. The van der Waals surface area contributed by atoms with Crippen molar-refractivity contribution in [2.24, 2.45) is 0 Å². The number of allylic oxidation sites excluding steroid dienone is 1. The number of carbonyl (C=O) groups is 1. The van der Waals surface area contributed by atoms with Crippen molar-refractivity contribution in [1.82, 2.24) is 0 Å². The van der Waals surface area contributed by atoms with Gasteiger partial charge in [0.2, 0.25) is 0 Å². The SMILES string of the molecule is C=C/C(=C\C=N)C(=O)Nc1ccccc1.CC. The van der Waals surface area contributed by atoms with Crippen LogP contribution in [0.2, 0.25) is 0 Å². The van der Waals surface area contributed by atoms with Gasteiger partial charge in [-0.3, -0.25) is 4.79 Å². The van der Waals surface area contributed by atoms with Crippen LogP contribution >= 0.6 is 0 Å². The van der Waals surface area contributed by atoms with Crippen LogP contribution in [0.3, 0.4) is 0 Å². The average Bonchev–Trinajstić information content (AvgIpc) is 2.39. The minimum atomic E-state index is -0.264. The summed E-state index contributed by atoms with van der Waals surface area (Å²) < 4.78 is 0. The number of hydrogen-bond donors (Lipinski definition) is 2. The molecule has 1 rings (SSSR count). The molecule has 0 radical (unpaired) electrons. The van der Waals surface area contributed by atoms with Gasteiger partial charge in [0.05, 0.1) is 0 Å². The maximum atomic E-state index is 11.6. The number of hydrogen-bond acceptors (Lipinski definition) is 2. The van der Waals surface area contributed by atoms with Crippen LogP contribution in [-0.2, 0) is 4.79 Å². The van der Waals surface area contributed by atoms with Crippen molar-refractivity contribution in [3.05, 3.63) is 54.6 Å². The molecule has 2 N–H and O–H groups in total. The summed E-state index contributed by atoms with van der Waals surface area (Å²) >= 11 is 0. The quantitative estimate of drug-likeness (QED) is 0.465. The summed E-state index contributed by atoms with van der Waals surface area (Å²) in [6.45, 7) is 7.51. The number of rotatable bonds is 4. The summed E-state index contributed by atoms with van der Waals surface area (Å²) in [4.78, 5) is 11.6. The number of para-hydroxylation sites is 1. The van der Waals surface area contributed by atoms with E-state index in [1.165, 1.54) is 12.2 Å². The molecule has 0 saturated heterocycles. The standard InChI is InChI=1S/C12H12N2O.C2H6/c1-2-10(8-9-13)12(15)14-11-6-4-3-5-7-11;1-2/h2-9,13H,1H2,(H,14,15);1-2H3/b10-8+,13-9?;. The van der Waals surface area contributed by atoms with E-state index in [1.807, 2.05) is 32.0 Å². The number of carbonyl (C=O) groups excluding carboxylic acids is 1. The van der Waals surface area contributed by atoms with Gasteiger partial charge >= 0.3 is 0 Å². The molecule has 0 aliphatic heterocycles. The van der Waals surface area contributed by atoms with Crippen molar-refractivity contribution in [3.63, 3.8) is 0 Å². The molecule has 17 heavy (non-hydrogen) atoms. The zero-order valence-corrected chi connectivity index (χ0v) is 10.2. The van der Waals surface area contributed by atoms with Gasteiger partial charge in [0.1, 0.15) is 0 Å². The Morgan fingerprint density at radius 2 is 1.88 bits per heavy atom. The van der Waals surface area contributed by atoms with Crippen molar-refractivity contribution < 1.29 is 4.79 Å². The van der Waals surface area contributed by atoms with E-state index in [1.54, 1.807) is 12.1 Å². The van der Waals surface area contributed by atoms with Gasteiger partial charge in [0.15, 0.2) is 0 Å². The number of amides is 1. The molecule has 0 heterocycles. The summed E-state index contributed by atoms with van der Waals surface area (Å²) in [5, 5.41) is 9.58. The van der Waals surface area contributed by atoms with Crippen LogP contribution in [-0.4, -0.2) is 12.1 Å². The third-order valence-electron chi connectivity index (χ3n) is 1.78. The van der Waals surface area contributed by atoms with Crippen LogP contribution in [0.25, 0.3) is 0 Å². The first-order chi connectivity index (χ1) is 8.27. The molecule has 0 aromatic heterocycles. The molecule has 1 aromatic carbocycles. The second-order valence-electron chi connectivity index (χ2n) is 2.81. The lowest BCUT2D eigenvalue weighted by Gasteiger charge is -2.04. The normalized spacial score (nSPS) is 9.65. The molecule has 0 atom stereocenters. The van der Waals surface area contributed by atoms with Crippen molar-refractivity contribution in [2.45, 2.75) is 13.8 Å². The molecule has 0 fully saturated rings. The summed E-state index contributed by atoms with van der Waals surface area (Å²) in [7, 11) is 0. The van der Waals surface area contributed by atoms with Crippen LogP contribution in [0.5, 0.6) is 0 Å². The van der Waals surface area contributed by atoms with Gasteiger partial charge in [-0.15, -0.1) is 0 Å². The van der Waals surface area contributed by atoms with Gasteiger partial charge in [-0.2, -0.15) is 0 Å². The predicted octanol–water partition coefficient (Wildman–Crippen LogP) is 3.41. The third kappa shape index (κ3) is 5.47. The van der Waals surface area contributed by atoms with Crippen LogP contribution < -0.4 is 5.32 Å². The van der Waals surface area contributed by atoms with Crippen molar-refractivity contribution >= 4 is 17.8 Å². The first-order valence-corrected chi connectivity index (χ1v) is 5.47. The molecule has 1 aromatic rings. The largest absolute Gasteiger partial charge is 0.322 e.